The molecule has 110 valence electrons. The highest BCUT2D eigenvalue weighted by Crippen LogP contribution is 2.35. The van der Waals surface area contributed by atoms with Gasteiger partial charge in [-0.05, 0) is 44.0 Å². The van der Waals surface area contributed by atoms with Gasteiger partial charge in [0.05, 0.1) is 18.3 Å². The number of carbonyl (C=O) groups excluding carboxylic acids is 1. The van der Waals surface area contributed by atoms with Crippen molar-refractivity contribution in [3.63, 3.8) is 0 Å². The number of methoxy groups -OCH3 is 1. The minimum atomic E-state index is -0.681. The van der Waals surface area contributed by atoms with Gasteiger partial charge in [-0.3, -0.25) is 4.79 Å². The SMILES string of the molecule is COc1ccc(-c2nc(NC(=O)C3(N)CC3)sc2C)cc1. The second-order valence-corrected chi connectivity index (χ2v) is 6.47. The van der Waals surface area contributed by atoms with E-state index in [9.17, 15) is 4.79 Å². The molecule has 1 amide bonds. The number of nitrogens with zero attached hydrogens (tertiary/aromatic N) is 1. The molecule has 5 nitrogen and oxygen atoms in total. The van der Waals surface area contributed by atoms with E-state index in [0.29, 0.717) is 5.13 Å². The Balaban J connectivity index is 1.81. The van der Waals surface area contributed by atoms with Gasteiger partial charge < -0.3 is 15.8 Å². The Morgan fingerprint density at radius 1 is 1.38 bits per heavy atom. The van der Waals surface area contributed by atoms with Crippen molar-refractivity contribution in [2.45, 2.75) is 25.3 Å². The second kappa shape index (κ2) is 5.13. The molecule has 1 aromatic carbocycles. The molecule has 1 aromatic heterocycles. The summed E-state index contributed by atoms with van der Waals surface area (Å²) in [6.45, 7) is 1.99. The zero-order valence-corrected chi connectivity index (χ0v) is 12.8. The molecule has 0 radical (unpaired) electrons. The lowest BCUT2D eigenvalue weighted by Crippen LogP contribution is -2.37. The molecule has 21 heavy (non-hydrogen) atoms. The van der Waals surface area contributed by atoms with Crippen LogP contribution in [0.4, 0.5) is 5.13 Å². The predicted octanol–water partition coefficient (Wildman–Crippen LogP) is 2.56. The summed E-state index contributed by atoms with van der Waals surface area (Å²) >= 11 is 1.46. The third kappa shape index (κ3) is 2.77. The fourth-order valence-corrected chi connectivity index (χ4v) is 2.88. The van der Waals surface area contributed by atoms with Crippen LogP contribution in [0.3, 0.4) is 0 Å². The summed E-state index contributed by atoms with van der Waals surface area (Å²) in [6, 6.07) is 7.70. The topological polar surface area (TPSA) is 77.2 Å². The van der Waals surface area contributed by atoms with Crippen LogP contribution in [0.2, 0.25) is 0 Å². The lowest BCUT2D eigenvalue weighted by Gasteiger charge is -2.06. The van der Waals surface area contributed by atoms with Crippen molar-refractivity contribution in [2.75, 3.05) is 12.4 Å². The van der Waals surface area contributed by atoms with E-state index in [1.807, 2.05) is 31.2 Å². The number of hydrogen-bond donors (Lipinski definition) is 2. The van der Waals surface area contributed by atoms with Gasteiger partial charge in [0.15, 0.2) is 5.13 Å². The molecule has 1 fully saturated rings. The number of ether oxygens (including phenoxy) is 1. The Labute approximate surface area is 127 Å². The highest BCUT2D eigenvalue weighted by molar-refractivity contribution is 7.16. The minimum absolute atomic E-state index is 0.141. The molecule has 1 aliphatic rings. The normalized spacial score (nSPS) is 15.6. The van der Waals surface area contributed by atoms with Crippen LogP contribution in [0.5, 0.6) is 5.75 Å². The summed E-state index contributed by atoms with van der Waals surface area (Å²) < 4.78 is 5.15. The van der Waals surface area contributed by atoms with Crippen molar-refractivity contribution in [3.8, 4) is 17.0 Å². The van der Waals surface area contributed by atoms with E-state index in [0.717, 1.165) is 34.7 Å². The number of aromatic nitrogens is 1. The molecule has 0 atom stereocenters. The largest absolute Gasteiger partial charge is 0.497 e. The van der Waals surface area contributed by atoms with E-state index in [1.165, 1.54) is 11.3 Å². The predicted molar refractivity (Wildman–Crippen MR) is 83.6 cm³/mol. The number of aryl methyl sites for hydroxylation is 1. The zero-order chi connectivity index (χ0) is 15.0. The average molecular weight is 303 g/mol. The molecule has 0 spiro atoms. The number of carbonyl (C=O) groups is 1. The Hall–Kier alpha value is -1.92. The van der Waals surface area contributed by atoms with Crippen LogP contribution >= 0.6 is 11.3 Å². The minimum Gasteiger partial charge on any atom is -0.497 e. The smallest absolute Gasteiger partial charge is 0.246 e. The Morgan fingerprint density at radius 3 is 2.62 bits per heavy atom. The Bertz CT molecular complexity index is 675. The van der Waals surface area contributed by atoms with Crippen molar-refractivity contribution in [1.82, 2.24) is 4.98 Å². The molecule has 3 N–H and O–H groups in total. The molecular weight excluding hydrogens is 286 g/mol. The van der Waals surface area contributed by atoms with Crippen LogP contribution in [-0.2, 0) is 4.79 Å². The first-order valence-electron chi connectivity index (χ1n) is 6.74. The first kappa shape index (κ1) is 14.0. The maximum absolute atomic E-state index is 12.0. The molecular formula is C15H17N3O2S. The van der Waals surface area contributed by atoms with Crippen LogP contribution in [0.25, 0.3) is 11.3 Å². The van der Waals surface area contributed by atoms with Gasteiger partial charge in [0.2, 0.25) is 5.91 Å². The van der Waals surface area contributed by atoms with Crippen molar-refractivity contribution >= 4 is 22.4 Å². The van der Waals surface area contributed by atoms with Gasteiger partial charge in [-0.1, -0.05) is 0 Å². The number of anilines is 1. The van der Waals surface area contributed by atoms with Gasteiger partial charge in [-0.25, -0.2) is 4.98 Å². The van der Waals surface area contributed by atoms with Crippen LogP contribution in [0.15, 0.2) is 24.3 Å². The summed E-state index contributed by atoms with van der Waals surface area (Å²) in [5, 5.41) is 3.41. The fraction of sp³-hybridized carbons (Fsp3) is 0.333. The zero-order valence-electron chi connectivity index (χ0n) is 12.0. The molecule has 0 unspecified atom stereocenters. The van der Waals surface area contributed by atoms with Crippen molar-refractivity contribution in [2.24, 2.45) is 5.73 Å². The molecule has 3 rings (SSSR count). The maximum atomic E-state index is 12.0. The quantitative estimate of drug-likeness (QED) is 0.910. The fourth-order valence-electron chi connectivity index (χ4n) is 2.05. The van der Waals surface area contributed by atoms with Crippen molar-refractivity contribution < 1.29 is 9.53 Å². The average Bonchev–Trinajstić information content (AvgIpc) is 3.13. The molecule has 1 aliphatic carbocycles. The number of rotatable bonds is 4. The van der Waals surface area contributed by atoms with Crippen LogP contribution in [0, 0.1) is 6.92 Å². The number of thiazole rings is 1. The number of nitrogens with two attached hydrogens (primary N) is 1. The van der Waals surface area contributed by atoms with E-state index in [4.69, 9.17) is 10.5 Å². The number of nitrogens with one attached hydrogen (secondary N) is 1. The third-order valence-corrected chi connectivity index (χ3v) is 4.51. The number of benzene rings is 1. The summed E-state index contributed by atoms with van der Waals surface area (Å²) in [7, 11) is 1.64. The molecule has 0 aliphatic heterocycles. The first-order valence-corrected chi connectivity index (χ1v) is 7.56. The number of hydrogen-bond acceptors (Lipinski definition) is 5. The maximum Gasteiger partial charge on any atom is 0.246 e. The molecule has 1 saturated carbocycles. The summed E-state index contributed by atoms with van der Waals surface area (Å²) in [5.74, 6) is 0.663. The monoisotopic (exact) mass is 303 g/mol. The Kier molecular flexibility index (Phi) is 3.43. The van der Waals surface area contributed by atoms with Gasteiger partial charge in [0, 0.05) is 10.4 Å². The van der Waals surface area contributed by atoms with Gasteiger partial charge in [0.25, 0.3) is 0 Å². The van der Waals surface area contributed by atoms with Gasteiger partial charge in [-0.15, -0.1) is 11.3 Å². The first-order chi connectivity index (χ1) is 10.0. The Morgan fingerprint density at radius 2 is 2.05 bits per heavy atom. The molecule has 0 saturated heterocycles. The highest BCUT2D eigenvalue weighted by atomic mass is 32.1. The lowest BCUT2D eigenvalue weighted by molar-refractivity contribution is -0.118. The van der Waals surface area contributed by atoms with Crippen LogP contribution in [0.1, 0.15) is 17.7 Å². The van der Waals surface area contributed by atoms with Crippen LogP contribution in [-0.4, -0.2) is 23.5 Å². The van der Waals surface area contributed by atoms with Crippen molar-refractivity contribution in [1.29, 1.82) is 0 Å². The van der Waals surface area contributed by atoms with E-state index in [1.54, 1.807) is 7.11 Å². The standard InChI is InChI=1S/C15H17N3O2S/c1-9-12(10-3-5-11(20-2)6-4-10)17-14(21-9)18-13(19)15(16)7-8-15/h3-6H,7-8,16H2,1-2H3,(H,17,18,19). The van der Waals surface area contributed by atoms with Gasteiger partial charge >= 0.3 is 0 Å². The lowest BCUT2D eigenvalue weighted by atomic mass is 10.1. The number of amides is 1. The van der Waals surface area contributed by atoms with E-state index in [2.05, 4.69) is 10.3 Å². The van der Waals surface area contributed by atoms with E-state index >= 15 is 0 Å². The summed E-state index contributed by atoms with van der Waals surface area (Å²) in [6.07, 6.45) is 1.49. The molecule has 0 bridgehead atoms. The second-order valence-electron chi connectivity index (χ2n) is 5.26. The molecule has 6 heteroatoms. The molecule has 2 aromatic rings. The van der Waals surface area contributed by atoms with E-state index in [-0.39, 0.29) is 5.91 Å². The summed E-state index contributed by atoms with van der Waals surface area (Å²) in [4.78, 5) is 17.5. The van der Waals surface area contributed by atoms with E-state index < -0.39 is 5.54 Å². The van der Waals surface area contributed by atoms with Crippen molar-refractivity contribution in [3.05, 3.63) is 29.1 Å². The highest BCUT2D eigenvalue weighted by Gasteiger charge is 2.46. The molecule has 1 heterocycles. The van der Waals surface area contributed by atoms with Gasteiger partial charge in [0.1, 0.15) is 5.75 Å². The summed E-state index contributed by atoms with van der Waals surface area (Å²) in [5.41, 5.74) is 7.07. The van der Waals surface area contributed by atoms with Gasteiger partial charge in [-0.2, -0.15) is 0 Å². The van der Waals surface area contributed by atoms with Crippen LogP contribution < -0.4 is 15.8 Å². The third-order valence-electron chi connectivity index (χ3n) is 3.62.